The highest BCUT2D eigenvalue weighted by atomic mass is 32.2. The standard InChI is InChI=1S/C20H21N3O4S/c1-14(15-7-5-8-16(13-15)23(25)26)28-20-21-18-10-4-3-9-17(18)19(24)22(20)11-6-12-27-2/h3-5,7-10,13-14H,6,11-12H2,1-2H3. The second kappa shape index (κ2) is 8.99. The Morgan fingerprint density at radius 1 is 1.25 bits per heavy atom. The third-order valence-electron chi connectivity index (χ3n) is 4.39. The van der Waals surface area contributed by atoms with Crippen molar-refractivity contribution < 1.29 is 9.66 Å². The second-order valence-corrected chi connectivity index (χ2v) is 7.63. The Morgan fingerprint density at radius 2 is 2.04 bits per heavy atom. The van der Waals surface area contributed by atoms with E-state index in [4.69, 9.17) is 4.74 Å². The number of fused-ring (bicyclic) bond motifs is 1. The molecule has 0 aliphatic carbocycles. The Balaban J connectivity index is 1.98. The molecule has 3 rings (SSSR count). The molecule has 0 aliphatic heterocycles. The van der Waals surface area contributed by atoms with Crippen LogP contribution in [0.25, 0.3) is 10.9 Å². The van der Waals surface area contributed by atoms with Gasteiger partial charge in [-0.1, -0.05) is 36.0 Å². The first kappa shape index (κ1) is 20.0. The van der Waals surface area contributed by atoms with Gasteiger partial charge in [-0.25, -0.2) is 4.98 Å². The van der Waals surface area contributed by atoms with E-state index in [2.05, 4.69) is 4.98 Å². The van der Waals surface area contributed by atoms with Crippen LogP contribution in [0.4, 0.5) is 5.69 Å². The highest BCUT2D eigenvalue weighted by Crippen LogP contribution is 2.35. The number of ether oxygens (including phenoxy) is 1. The third kappa shape index (κ3) is 4.40. The molecule has 146 valence electrons. The van der Waals surface area contributed by atoms with Crippen molar-refractivity contribution in [3.63, 3.8) is 0 Å². The molecule has 0 fully saturated rings. The summed E-state index contributed by atoms with van der Waals surface area (Å²) >= 11 is 1.42. The van der Waals surface area contributed by atoms with Crippen LogP contribution in [0.3, 0.4) is 0 Å². The Morgan fingerprint density at radius 3 is 2.79 bits per heavy atom. The molecular formula is C20H21N3O4S. The van der Waals surface area contributed by atoms with Crippen molar-refractivity contribution in [2.45, 2.75) is 30.3 Å². The summed E-state index contributed by atoms with van der Waals surface area (Å²) in [5, 5.41) is 12.1. The number of thioether (sulfide) groups is 1. The highest BCUT2D eigenvalue weighted by molar-refractivity contribution is 7.99. The van der Waals surface area contributed by atoms with Gasteiger partial charge in [-0.2, -0.15) is 0 Å². The molecule has 3 aromatic rings. The lowest BCUT2D eigenvalue weighted by Crippen LogP contribution is -2.24. The average molecular weight is 399 g/mol. The summed E-state index contributed by atoms with van der Waals surface area (Å²) in [7, 11) is 1.63. The SMILES string of the molecule is COCCCn1c(SC(C)c2cccc([N+](=O)[O-])c2)nc2ccccc2c1=O. The highest BCUT2D eigenvalue weighted by Gasteiger charge is 2.17. The molecule has 0 amide bonds. The number of rotatable bonds is 8. The Kier molecular flexibility index (Phi) is 6.43. The number of non-ortho nitro benzene ring substituents is 1. The molecule has 0 aliphatic rings. The average Bonchev–Trinajstić information content (AvgIpc) is 2.70. The number of benzene rings is 2. The van der Waals surface area contributed by atoms with Crippen LogP contribution >= 0.6 is 11.8 Å². The fourth-order valence-corrected chi connectivity index (χ4v) is 3.97. The fourth-order valence-electron chi connectivity index (χ4n) is 2.92. The van der Waals surface area contributed by atoms with Gasteiger partial charge in [-0.3, -0.25) is 19.5 Å². The zero-order chi connectivity index (χ0) is 20.1. The summed E-state index contributed by atoms with van der Waals surface area (Å²) in [4.78, 5) is 28.3. The van der Waals surface area contributed by atoms with Crippen LogP contribution in [-0.4, -0.2) is 28.2 Å². The predicted molar refractivity (Wildman–Crippen MR) is 110 cm³/mol. The first-order valence-electron chi connectivity index (χ1n) is 8.91. The molecule has 0 spiro atoms. The summed E-state index contributed by atoms with van der Waals surface area (Å²) in [6, 6.07) is 13.8. The van der Waals surface area contributed by atoms with Crippen molar-refractivity contribution in [2.24, 2.45) is 0 Å². The molecule has 2 aromatic carbocycles. The van der Waals surface area contributed by atoms with Gasteiger partial charge in [0.1, 0.15) is 0 Å². The number of nitro benzene ring substituents is 1. The first-order valence-corrected chi connectivity index (χ1v) is 9.78. The van der Waals surface area contributed by atoms with Crippen molar-refractivity contribution in [1.82, 2.24) is 9.55 Å². The van der Waals surface area contributed by atoms with Gasteiger partial charge in [0.25, 0.3) is 11.2 Å². The molecule has 28 heavy (non-hydrogen) atoms. The van der Waals surface area contributed by atoms with Gasteiger partial charge in [0.05, 0.1) is 15.8 Å². The van der Waals surface area contributed by atoms with Crippen molar-refractivity contribution in [3.8, 4) is 0 Å². The van der Waals surface area contributed by atoms with Gasteiger partial charge in [-0.15, -0.1) is 0 Å². The predicted octanol–water partition coefficient (Wildman–Crippen LogP) is 4.19. The maximum Gasteiger partial charge on any atom is 0.269 e. The van der Waals surface area contributed by atoms with E-state index in [1.165, 1.54) is 17.8 Å². The molecule has 7 nitrogen and oxygen atoms in total. The summed E-state index contributed by atoms with van der Waals surface area (Å²) in [5.41, 5.74) is 1.42. The zero-order valence-electron chi connectivity index (χ0n) is 15.7. The van der Waals surface area contributed by atoms with Crippen molar-refractivity contribution >= 4 is 28.4 Å². The van der Waals surface area contributed by atoms with E-state index in [1.807, 2.05) is 31.2 Å². The van der Waals surface area contributed by atoms with Crippen LogP contribution in [0, 0.1) is 10.1 Å². The van der Waals surface area contributed by atoms with Crippen LogP contribution < -0.4 is 5.56 Å². The maximum atomic E-state index is 13.0. The normalized spacial score (nSPS) is 12.2. The molecule has 0 radical (unpaired) electrons. The lowest BCUT2D eigenvalue weighted by Gasteiger charge is -2.16. The van der Waals surface area contributed by atoms with Gasteiger partial charge < -0.3 is 4.74 Å². The van der Waals surface area contributed by atoms with E-state index in [1.54, 1.807) is 29.9 Å². The van der Waals surface area contributed by atoms with Crippen LogP contribution in [-0.2, 0) is 11.3 Å². The summed E-state index contributed by atoms with van der Waals surface area (Å²) in [6.07, 6.45) is 0.690. The van der Waals surface area contributed by atoms with Crippen LogP contribution in [0.15, 0.2) is 58.5 Å². The summed E-state index contributed by atoms with van der Waals surface area (Å²) in [6.45, 7) is 2.99. The number of para-hydroxylation sites is 1. The van der Waals surface area contributed by atoms with E-state index < -0.39 is 4.92 Å². The van der Waals surface area contributed by atoms with Gasteiger partial charge in [0, 0.05) is 37.6 Å². The molecule has 1 unspecified atom stereocenters. The van der Waals surface area contributed by atoms with E-state index >= 15 is 0 Å². The Labute approximate surface area is 166 Å². The van der Waals surface area contributed by atoms with E-state index in [9.17, 15) is 14.9 Å². The maximum absolute atomic E-state index is 13.0. The number of methoxy groups -OCH3 is 1. The van der Waals surface area contributed by atoms with Gasteiger partial charge in [0.2, 0.25) is 0 Å². The quantitative estimate of drug-likeness (QED) is 0.186. The van der Waals surface area contributed by atoms with Crippen molar-refractivity contribution in [3.05, 3.63) is 74.6 Å². The van der Waals surface area contributed by atoms with Gasteiger partial charge >= 0.3 is 0 Å². The minimum Gasteiger partial charge on any atom is -0.385 e. The number of nitrogens with zero attached hydrogens (tertiary/aromatic N) is 3. The van der Waals surface area contributed by atoms with Crippen LogP contribution in [0.5, 0.6) is 0 Å². The Hall–Kier alpha value is -2.71. The molecular weight excluding hydrogens is 378 g/mol. The topological polar surface area (TPSA) is 87.3 Å². The second-order valence-electron chi connectivity index (χ2n) is 6.33. The third-order valence-corrected chi connectivity index (χ3v) is 5.54. The van der Waals surface area contributed by atoms with Gasteiger partial charge in [0.15, 0.2) is 5.16 Å². The number of aromatic nitrogens is 2. The molecule has 0 saturated carbocycles. The summed E-state index contributed by atoms with van der Waals surface area (Å²) in [5.74, 6) is 0. The smallest absolute Gasteiger partial charge is 0.269 e. The van der Waals surface area contributed by atoms with Crippen LogP contribution in [0.2, 0.25) is 0 Å². The molecule has 0 N–H and O–H groups in total. The van der Waals surface area contributed by atoms with E-state index in [0.29, 0.717) is 35.6 Å². The monoisotopic (exact) mass is 399 g/mol. The number of hydrogen-bond donors (Lipinski definition) is 0. The van der Waals surface area contributed by atoms with Crippen molar-refractivity contribution in [1.29, 1.82) is 0 Å². The molecule has 0 bridgehead atoms. The van der Waals surface area contributed by atoms with Gasteiger partial charge in [-0.05, 0) is 31.0 Å². The molecule has 8 heteroatoms. The molecule has 0 saturated heterocycles. The van der Waals surface area contributed by atoms with E-state index in [-0.39, 0.29) is 16.5 Å². The lowest BCUT2D eigenvalue weighted by molar-refractivity contribution is -0.384. The molecule has 1 heterocycles. The summed E-state index contributed by atoms with van der Waals surface area (Å²) < 4.78 is 6.78. The molecule has 1 aromatic heterocycles. The number of hydrogen-bond acceptors (Lipinski definition) is 6. The number of nitro groups is 1. The minimum absolute atomic E-state index is 0.0499. The zero-order valence-corrected chi connectivity index (χ0v) is 16.5. The van der Waals surface area contributed by atoms with E-state index in [0.717, 1.165) is 5.56 Å². The van der Waals surface area contributed by atoms with Crippen LogP contribution in [0.1, 0.15) is 24.2 Å². The fraction of sp³-hybridized carbons (Fsp3) is 0.300. The minimum atomic E-state index is -0.407. The Bertz CT molecular complexity index is 1050. The molecule has 1 atom stereocenters. The first-order chi connectivity index (χ1) is 13.5. The van der Waals surface area contributed by atoms with Crippen molar-refractivity contribution in [2.75, 3.05) is 13.7 Å². The largest absolute Gasteiger partial charge is 0.385 e. The lowest BCUT2D eigenvalue weighted by atomic mass is 10.1.